The van der Waals surface area contributed by atoms with Crippen LogP contribution < -0.4 is 5.32 Å². The first-order valence-corrected chi connectivity index (χ1v) is 5.95. The fourth-order valence-corrected chi connectivity index (χ4v) is 1.86. The van der Waals surface area contributed by atoms with Gasteiger partial charge in [-0.25, -0.2) is 9.18 Å². The molecule has 4 nitrogen and oxygen atoms in total. The molecule has 0 unspecified atom stereocenters. The van der Waals surface area contributed by atoms with Crippen molar-refractivity contribution in [3.63, 3.8) is 0 Å². The summed E-state index contributed by atoms with van der Waals surface area (Å²) in [6, 6.07) is 9.77. The van der Waals surface area contributed by atoms with Gasteiger partial charge in [0.15, 0.2) is 0 Å². The van der Waals surface area contributed by atoms with Crippen molar-refractivity contribution in [3.05, 3.63) is 64.4 Å². The Hall–Kier alpha value is -2.40. The van der Waals surface area contributed by atoms with Crippen LogP contribution >= 0.6 is 11.6 Å². The maximum absolute atomic E-state index is 13.5. The average Bonchev–Trinajstić information content (AvgIpc) is 2.38. The van der Waals surface area contributed by atoms with Crippen LogP contribution in [0.2, 0.25) is 5.02 Å². The number of anilines is 1. The molecule has 0 saturated heterocycles. The first-order chi connectivity index (χ1) is 9.49. The smallest absolute Gasteiger partial charge is 0.340 e. The molecule has 2 aromatic carbocycles. The number of rotatable bonds is 3. The number of hydrogen-bond acceptors (Lipinski definition) is 2. The Morgan fingerprint density at radius 1 is 1.15 bits per heavy atom. The van der Waals surface area contributed by atoms with Crippen molar-refractivity contribution in [2.24, 2.45) is 0 Å². The van der Waals surface area contributed by atoms with E-state index in [0.29, 0.717) is 5.02 Å². The lowest BCUT2D eigenvalue weighted by atomic mass is 10.1. The van der Waals surface area contributed by atoms with Gasteiger partial charge in [0.1, 0.15) is 11.4 Å². The van der Waals surface area contributed by atoms with E-state index in [-0.39, 0.29) is 11.3 Å². The second-order valence-electron chi connectivity index (χ2n) is 3.93. The van der Waals surface area contributed by atoms with E-state index in [9.17, 15) is 14.0 Å². The van der Waals surface area contributed by atoms with Crippen molar-refractivity contribution >= 4 is 29.2 Å². The first-order valence-electron chi connectivity index (χ1n) is 5.58. The number of amides is 1. The molecule has 0 heterocycles. The molecule has 0 aliphatic carbocycles. The zero-order chi connectivity index (χ0) is 14.7. The molecule has 0 bridgehead atoms. The molecular formula is C14H9ClFNO3. The van der Waals surface area contributed by atoms with Crippen molar-refractivity contribution in [1.29, 1.82) is 0 Å². The summed E-state index contributed by atoms with van der Waals surface area (Å²) in [7, 11) is 0. The number of carbonyl (C=O) groups excluding carboxylic acids is 1. The largest absolute Gasteiger partial charge is 0.478 e. The molecule has 0 aliphatic heterocycles. The molecule has 0 radical (unpaired) electrons. The van der Waals surface area contributed by atoms with E-state index in [1.807, 2.05) is 0 Å². The van der Waals surface area contributed by atoms with Crippen molar-refractivity contribution in [2.45, 2.75) is 0 Å². The molecule has 0 saturated carbocycles. The number of benzene rings is 2. The van der Waals surface area contributed by atoms with Crippen LogP contribution in [0.4, 0.5) is 10.1 Å². The van der Waals surface area contributed by atoms with Gasteiger partial charge in [-0.3, -0.25) is 4.79 Å². The van der Waals surface area contributed by atoms with Gasteiger partial charge in [-0.15, -0.1) is 0 Å². The second-order valence-corrected chi connectivity index (χ2v) is 4.37. The van der Waals surface area contributed by atoms with Gasteiger partial charge in [-0.2, -0.15) is 0 Å². The molecule has 0 fully saturated rings. The van der Waals surface area contributed by atoms with E-state index in [0.717, 1.165) is 6.07 Å². The Kier molecular flexibility index (Phi) is 4.00. The van der Waals surface area contributed by atoms with Gasteiger partial charge in [0.2, 0.25) is 0 Å². The number of carboxylic acid groups (broad SMARTS) is 1. The lowest BCUT2D eigenvalue weighted by Crippen LogP contribution is -2.15. The molecule has 102 valence electrons. The molecule has 1 amide bonds. The fourth-order valence-electron chi connectivity index (χ4n) is 1.67. The molecule has 0 spiro atoms. The van der Waals surface area contributed by atoms with Crippen molar-refractivity contribution in [3.8, 4) is 0 Å². The topological polar surface area (TPSA) is 66.4 Å². The van der Waals surface area contributed by atoms with Gasteiger partial charge in [-0.1, -0.05) is 23.7 Å². The molecule has 6 heteroatoms. The molecule has 2 N–H and O–H groups in total. The molecule has 20 heavy (non-hydrogen) atoms. The summed E-state index contributed by atoms with van der Waals surface area (Å²) in [4.78, 5) is 23.0. The Balaban J connectivity index is 2.33. The standard InChI is InChI=1S/C14H9ClFNO3/c15-9-4-1-3-8(7-9)13(18)17-11-6-2-5-10(16)12(11)14(19)20/h1-7H,(H,17,18)(H,19,20). The molecule has 0 aromatic heterocycles. The number of carbonyl (C=O) groups is 2. The molecule has 0 aliphatic rings. The third kappa shape index (κ3) is 2.95. The predicted molar refractivity (Wildman–Crippen MR) is 72.8 cm³/mol. The highest BCUT2D eigenvalue weighted by Crippen LogP contribution is 2.20. The summed E-state index contributed by atoms with van der Waals surface area (Å²) >= 11 is 5.76. The van der Waals surface area contributed by atoms with Crippen molar-refractivity contribution in [2.75, 3.05) is 5.32 Å². The zero-order valence-electron chi connectivity index (χ0n) is 10.1. The van der Waals surface area contributed by atoms with Gasteiger partial charge in [-0.05, 0) is 30.3 Å². The Labute approximate surface area is 118 Å². The third-order valence-corrected chi connectivity index (χ3v) is 2.80. The van der Waals surface area contributed by atoms with Crippen LogP contribution in [0.5, 0.6) is 0 Å². The summed E-state index contributed by atoms with van der Waals surface area (Å²) < 4.78 is 13.5. The van der Waals surface area contributed by atoms with Gasteiger partial charge >= 0.3 is 5.97 Å². The van der Waals surface area contributed by atoms with Gasteiger partial charge in [0.05, 0.1) is 5.69 Å². The summed E-state index contributed by atoms with van der Waals surface area (Å²) in [5.41, 5.74) is -0.441. The van der Waals surface area contributed by atoms with E-state index in [4.69, 9.17) is 16.7 Å². The van der Waals surface area contributed by atoms with E-state index in [2.05, 4.69) is 5.32 Å². The monoisotopic (exact) mass is 293 g/mol. The maximum atomic E-state index is 13.5. The van der Waals surface area contributed by atoms with Gasteiger partial charge < -0.3 is 10.4 Å². The summed E-state index contributed by atoms with van der Waals surface area (Å²) in [6.45, 7) is 0. The minimum Gasteiger partial charge on any atom is -0.478 e. The summed E-state index contributed by atoms with van der Waals surface area (Å²) in [5.74, 6) is -2.94. The van der Waals surface area contributed by atoms with Crippen LogP contribution in [0.1, 0.15) is 20.7 Å². The van der Waals surface area contributed by atoms with Gasteiger partial charge in [0.25, 0.3) is 5.91 Å². The second kappa shape index (κ2) is 5.71. The highest BCUT2D eigenvalue weighted by molar-refractivity contribution is 6.31. The average molecular weight is 294 g/mol. The third-order valence-electron chi connectivity index (χ3n) is 2.56. The van der Waals surface area contributed by atoms with E-state index < -0.39 is 23.3 Å². The highest BCUT2D eigenvalue weighted by Gasteiger charge is 2.17. The molecule has 2 rings (SSSR count). The maximum Gasteiger partial charge on any atom is 0.340 e. The Morgan fingerprint density at radius 3 is 2.50 bits per heavy atom. The SMILES string of the molecule is O=C(Nc1cccc(F)c1C(=O)O)c1cccc(Cl)c1. The fraction of sp³-hybridized carbons (Fsp3) is 0. The zero-order valence-corrected chi connectivity index (χ0v) is 10.8. The lowest BCUT2D eigenvalue weighted by Gasteiger charge is -2.09. The van der Waals surface area contributed by atoms with Gasteiger partial charge in [0, 0.05) is 10.6 Å². The van der Waals surface area contributed by atoms with Crippen molar-refractivity contribution in [1.82, 2.24) is 0 Å². The Morgan fingerprint density at radius 2 is 1.85 bits per heavy atom. The normalized spacial score (nSPS) is 10.1. The van der Waals surface area contributed by atoms with Crippen LogP contribution in [0, 0.1) is 5.82 Å². The van der Waals surface area contributed by atoms with Crippen LogP contribution in [0.15, 0.2) is 42.5 Å². The van der Waals surface area contributed by atoms with E-state index in [1.165, 1.54) is 24.3 Å². The number of nitrogens with one attached hydrogen (secondary N) is 1. The minimum absolute atomic E-state index is 0.109. The van der Waals surface area contributed by atoms with Crippen LogP contribution in [0.25, 0.3) is 0 Å². The molecular weight excluding hydrogens is 285 g/mol. The van der Waals surface area contributed by atoms with Crippen LogP contribution in [-0.2, 0) is 0 Å². The van der Waals surface area contributed by atoms with Crippen LogP contribution in [-0.4, -0.2) is 17.0 Å². The number of aromatic carboxylic acids is 1. The highest BCUT2D eigenvalue weighted by atomic mass is 35.5. The summed E-state index contributed by atoms with van der Waals surface area (Å²) in [5, 5.41) is 11.7. The first kappa shape index (κ1) is 14.0. The molecule has 2 aromatic rings. The predicted octanol–water partition coefficient (Wildman–Crippen LogP) is 3.43. The quantitative estimate of drug-likeness (QED) is 0.911. The van der Waals surface area contributed by atoms with E-state index >= 15 is 0 Å². The molecule has 0 atom stereocenters. The number of halogens is 2. The van der Waals surface area contributed by atoms with E-state index in [1.54, 1.807) is 12.1 Å². The minimum atomic E-state index is -1.45. The lowest BCUT2D eigenvalue weighted by molar-refractivity contribution is 0.0693. The van der Waals surface area contributed by atoms with Crippen molar-refractivity contribution < 1.29 is 19.1 Å². The Bertz CT molecular complexity index is 688. The summed E-state index contributed by atoms with van der Waals surface area (Å²) in [6.07, 6.45) is 0. The number of carboxylic acids is 1. The number of hydrogen-bond donors (Lipinski definition) is 2. The van der Waals surface area contributed by atoms with Crippen LogP contribution in [0.3, 0.4) is 0 Å².